The summed E-state index contributed by atoms with van der Waals surface area (Å²) >= 11 is 1.22. The molecule has 6 nitrogen and oxygen atoms in total. The molecule has 0 aliphatic carbocycles. The second kappa shape index (κ2) is 9.01. The maximum atomic E-state index is 13.6. The number of hydrogen-bond acceptors (Lipinski definition) is 6. The van der Waals surface area contributed by atoms with Crippen LogP contribution in [0.5, 0.6) is 0 Å². The largest absolute Gasteiger partial charge is 0.394 e. The lowest BCUT2D eigenvalue weighted by molar-refractivity contribution is -0.178. The first-order valence-corrected chi connectivity index (χ1v) is 10.3. The van der Waals surface area contributed by atoms with Crippen molar-refractivity contribution in [1.29, 1.82) is 0 Å². The van der Waals surface area contributed by atoms with Crippen molar-refractivity contribution in [1.82, 2.24) is 9.78 Å². The maximum Gasteiger partial charge on any atom is 0.194 e. The molecule has 1 aliphatic heterocycles. The van der Waals surface area contributed by atoms with Crippen LogP contribution in [0.15, 0.2) is 59.8 Å². The molecule has 0 amide bonds. The van der Waals surface area contributed by atoms with Crippen LogP contribution in [0.3, 0.4) is 0 Å². The van der Waals surface area contributed by atoms with Gasteiger partial charge >= 0.3 is 0 Å². The first-order valence-electron chi connectivity index (χ1n) is 9.42. The molecule has 3 N–H and O–H groups in total. The molecule has 10 heteroatoms. The van der Waals surface area contributed by atoms with E-state index in [2.05, 4.69) is 5.10 Å². The Morgan fingerprint density at radius 3 is 2.32 bits per heavy atom. The number of aliphatic hydroxyl groups excluding tert-OH is 3. The summed E-state index contributed by atoms with van der Waals surface area (Å²) in [6.45, 7) is -0.487. The molecule has 5 atom stereocenters. The average molecular weight is 452 g/mol. The molecule has 0 bridgehead atoms. The quantitative estimate of drug-likeness (QED) is 0.516. The zero-order valence-electron chi connectivity index (χ0n) is 16.0. The minimum absolute atomic E-state index is 0.0487. The van der Waals surface area contributed by atoms with E-state index >= 15 is 0 Å². The topological polar surface area (TPSA) is 87.7 Å². The number of halogens is 3. The highest BCUT2D eigenvalue weighted by Crippen LogP contribution is 2.38. The summed E-state index contributed by atoms with van der Waals surface area (Å²) in [5.74, 6) is -4.25. The molecule has 0 spiro atoms. The number of benzene rings is 2. The molecule has 1 aliphatic rings. The Morgan fingerprint density at radius 1 is 1.00 bits per heavy atom. The Balaban J connectivity index is 1.64. The van der Waals surface area contributed by atoms with E-state index in [0.717, 1.165) is 17.0 Å². The van der Waals surface area contributed by atoms with Crippen molar-refractivity contribution in [2.45, 2.75) is 34.7 Å². The van der Waals surface area contributed by atoms with Crippen LogP contribution < -0.4 is 0 Å². The van der Waals surface area contributed by atoms with E-state index in [-0.39, 0.29) is 11.1 Å². The molecule has 2 aromatic carbocycles. The number of aliphatic hydroxyl groups is 3. The molecule has 3 aromatic rings. The van der Waals surface area contributed by atoms with Crippen LogP contribution in [0.25, 0.3) is 11.1 Å². The lowest BCUT2D eigenvalue weighted by Crippen LogP contribution is -2.54. The Hall–Kier alpha value is -2.37. The lowest BCUT2D eigenvalue weighted by Gasteiger charge is -2.42. The van der Waals surface area contributed by atoms with Gasteiger partial charge in [-0.1, -0.05) is 30.0 Å². The van der Waals surface area contributed by atoms with Crippen LogP contribution in [-0.2, 0) is 4.74 Å². The van der Waals surface area contributed by atoms with E-state index in [9.17, 15) is 28.5 Å². The highest BCUT2D eigenvalue weighted by atomic mass is 32.2. The van der Waals surface area contributed by atoms with Gasteiger partial charge in [-0.3, -0.25) is 4.68 Å². The predicted octanol–water partition coefficient (Wildman–Crippen LogP) is 2.74. The van der Waals surface area contributed by atoms with Crippen molar-refractivity contribution in [2.75, 3.05) is 6.61 Å². The molecule has 1 saturated heterocycles. The fraction of sp³-hybridized carbons (Fsp3) is 0.286. The predicted molar refractivity (Wildman–Crippen MR) is 107 cm³/mol. The standard InChI is InChI=1S/C21H19F3N2O4S/c22-14-6-11(7-15(23)17(14)24)12-8-25-26(9-12)18-19(28)16(10-27)30-21(20(18)29)31-13-4-2-1-3-5-13/h1-9,16,18-21,27-29H,10H2/t16-,18+,19+,20+,21+/m1/s1. The van der Waals surface area contributed by atoms with Gasteiger partial charge in [-0.05, 0) is 29.8 Å². The van der Waals surface area contributed by atoms with Crippen molar-refractivity contribution >= 4 is 11.8 Å². The summed E-state index contributed by atoms with van der Waals surface area (Å²) in [7, 11) is 0. The van der Waals surface area contributed by atoms with Crippen molar-refractivity contribution in [3.63, 3.8) is 0 Å². The molecule has 0 saturated carbocycles. The van der Waals surface area contributed by atoms with Gasteiger partial charge in [0.2, 0.25) is 0 Å². The normalized spacial score (nSPS) is 26.2. The third kappa shape index (κ3) is 4.35. The zero-order chi connectivity index (χ0) is 22.1. The monoisotopic (exact) mass is 452 g/mol. The van der Waals surface area contributed by atoms with Gasteiger partial charge in [-0.15, -0.1) is 0 Å². The van der Waals surface area contributed by atoms with Gasteiger partial charge < -0.3 is 20.1 Å². The van der Waals surface area contributed by atoms with Crippen LogP contribution >= 0.6 is 11.8 Å². The van der Waals surface area contributed by atoms with Gasteiger partial charge in [0.05, 0.1) is 12.8 Å². The summed E-state index contributed by atoms with van der Waals surface area (Å²) in [4.78, 5) is 0.816. The Morgan fingerprint density at radius 2 is 1.68 bits per heavy atom. The van der Waals surface area contributed by atoms with E-state index < -0.39 is 53.8 Å². The molecular weight excluding hydrogens is 433 g/mol. The van der Waals surface area contributed by atoms with Crippen molar-refractivity contribution in [2.24, 2.45) is 0 Å². The summed E-state index contributed by atoms with van der Waals surface area (Å²) in [6, 6.07) is 9.83. The van der Waals surface area contributed by atoms with Gasteiger partial charge in [-0.2, -0.15) is 5.10 Å². The maximum absolute atomic E-state index is 13.6. The van der Waals surface area contributed by atoms with Crippen LogP contribution in [0, 0.1) is 17.5 Å². The number of aromatic nitrogens is 2. The number of hydrogen-bond donors (Lipinski definition) is 3. The fourth-order valence-corrected chi connectivity index (χ4v) is 4.56. The highest BCUT2D eigenvalue weighted by molar-refractivity contribution is 7.99. The van der Waals surface area contributed by atoms with E-state index in [1.165, 1.54) is 28.8 Å². The van der Waals surface area contributed by atoms with Gasteiger partial charge in [0.15, 0.2) is 17.5 Å². The van der Waals surface area contributed by atoms with Crippen LogP contribution in [0.2, 0.25) is 0 Å². The number of nitrogens with zero attached hydrogens (tertiary/aromatic N) is 2. The second-order valence-corrected chi connectivity index (χ2v) is 8.26. The SMILES string of the molecule is OC[C@H]1O[C@@H](Sc2ccccc2)[C@@H](O)[C@@H](n2cc(-c3cc(F)c(F)c(F)c3)cn2)[C@H]1O. The number of rotatable bonds is 5. The minimum Gasteiger partial charge on any atom is -0.394 e. The molecule has 1 fully saturated rings. The summed E-state index contributed by atoms with van der Waals surface area (Å²) < 4.78 is 47.4. The van der Waals surface area contributed by atoms with E-state index in [0.29, 0.717) is 0 Å². The van der Waals surface area contributed by atoms with E-state index in [1.54, 1.807) is 0 Å². The molecule has 4 rings (SSSR count). The van der Waals surface area contributed by atoms with Crippen LogP contribution in [-0.4, -0.2) is 55.5 Å². The molecule has 31 heavy (non-hydrogen) atoms. The second-order valence-electron chi connectivity index (χ2n) is 7.09. The molecule has 1 aromatic heterocycles. The molecule has 0 radical (unpaired) electrons. The van der Waals surface area contributed by atoms with Crippen molar-refractivity contribution in [3.8, 4) is 11.1 Å². The summed E-state index contributed by atoms with van der Waals surface area (Å²) in [6.07, 6.45) is -0.843. The third-order valence-electron chi connectivity index (χ3n) is 5.07. The minimum atomic E-state index is -1.57. The molecule has 2 heterocycles. The van der Waals surface area contributed by atoms with E-state index in [1.807, 2.05) is 30.3 Å². The Labute approximate surface area is 179 Å². The van der Waals surface area contributed by atoms with Gasteiger partial charge in [0.1, 0.15) is 29.8 Å². The van der Waals surface area contributed by atoms with Crippen molar-refractivity contribution < 1.29 is 33.2 Å². The van der Waals surface area contributed by atoms with Crippen molar-refractivity contribution in [3.05, 3.63) is 72.3 Å². The fourth-order valence-electron chi connectivity index (χ4n) is 3.48. The third-order valence-corrected chi connectivity index (χ3v) is 6.23. The van der Waals surface area contributed by atoms with Crippen LogP contribution in [0.4, 0.5) is 13.2 Å². The molecular formula is C21H19F3N2O4S. The number of thioether (sulfide) groups is 1. The number of ether oxygens (including phenoxy) is 1. The first-order chi connectivity index (χ1) is 14.9. The summed E-state index contributed by atoms with van der Waals surface area (Å²) in [5, 5.41) is 35.3. The molecule has 0 unspecified atom stereocenters. The summed E-state index contributed by atoms with van der Waals surface area (Å²) in [5.41, 5.74) is -0.509. The lowest BCUT2D eigenvalue weighted by atomic mass is 9.97. The van der Waals surface area contributed by atoms with Gasteiger partial charge in [0.25, 0.3) is 0 Å². The highest BCUT2D eigenvalue weighted by Gasteiger charge is 2.46. The first kappa shape index (κ1) is 21.8. The Kier molecular flexibility index (Phi) is 6.35. The zero-order valence-corrected chi connectivity index (χ0v) is 16.8. The smallest absolute Gasteiger partial charge is 0.194 e. The van der Waals surface area contributed by atoms with Gasteiger partial charge in [-0.25, -0.2) is 13.2 Å². The molecule has 164 valence electrons. The van der Waals surface area contributed by atoms with E-state index in [4.69, 9.17) is 4.74 Å². The Bertz CT molecular complexity index is 1030. The van der Waals surface area contributed by atoms with Crippen LogP contribution in [0.1, 0.15) is 6.04 Å². The van der Waals surface area contributed by atoms with Gasteiger partial charge in [0, 0.05) is 16.7 Å². The average Bonchev–Trinajstić information content (AvgIpc) is 3.24.